The van der Waals surface area contributed by atoms with Gasteiger partial charge in [-0.3, -0.25) is 13.9 Å². The molecule has 2 amide bonds. The van der Waals surface area contributed by atoms with E-state index in [1.165, 1.54) is 4.90 Å². The summed E-state index contributed by atoms with van der Waals surface area (Å²) in [5, 5.41) is 2.73. The van der Waals surface area contributed by atoms with E-state index < -0.39 is 28.5 Å². The SMILES string of the molecule is CCNC(=O)[C@H](C)N(Cc1ccccc1)C(=O)CN(c1ccc(OCc2ccccc2)cc1)S(C)(=O)=O. The van der Waals surface area contributed by atoms with Crippen molar-refractivity contribution in [2.24, 2.45) is 0 Å². The molecule has 0 heterocycles. The molecule has 8 nitrogen and oxygen atoms in total. The highest BCUT2D eigenvalue weighted by Gasteiger charge is 2.29. The second-order valence-electron chi connectivity index (χ2n) is 8.62. The van der Waals surface area contributed by atoms with Crippen LogP contribution in [0.5, 0.6) is 5.75 Å². The Morgan fingerprint density at radius 2 is 1.46 bits per heavy atom. The molecule has 0 bridgehead atoms. The Labute approximate surface area is 218 Å². The molecule has 1 N–H and O–H groups in total. The zero-order valence-corrected chi connectivity index (χ0v) is 22.1. The average Bonchev–Trinajstić information content (AvgIpc) is 2.89. The highest BCUT2D eigenvalue weighted by Crippen LogP contribution is 2.23. The number of carbonyl (C=O) groups excluding carboxylic acids is 2. The molecule has 3 aromatic carbocycles. The van der Waals surface area contributed by atoms with Crippen LogP contribution in [0.25, 0.3) is 0 Å². The molecule has 9 heteroatoms. The van der Waals surface area contributed by atoms with E-state index in [1.54, 1.807) is 38.1 Å². The summed E-state index contributed by atoms with van der Waals surface area (Å²) in [5.41, 5.74) is 2.17. The van der Waals surface area contributed by atoms with Crippen molar-refractivity contribution in [3.05, 3.63) is 96.1 Å². The molecule has 0 unspecified atom stereocenters. The van der Waals surface area contributed by atoms with Crippen molar-refractivity contribution in [1.29, 1.82) is 0 Å². The van der Waals surface area contributed by atoms with E-state index in [0.29, 0.717) is 24.6 Å². The van der Waals surface area contributed by atoms with Gasteiger partial charge in [-0.25, -0.2) is 8.42 Å². The van der Waals surface area contributed by atoms with Crippen LogP contribution in [0.2, 0.25) is 0 Å². The number of nitrogens with zero attached hydrogens (tertiary/aromatic N) is 2. The Balaban J connectivity index is 1.79. The molecule has 0 saturated heterocycles. The van der Waals surface area contributed by atoms with E-state index in [9.17, 15) is 18.0 Å². The van der Waals surface area contributed by atoms with Crippen LogP contribution in [0.1, 0.15) is 25.0 Å². The van der Waals surface area contributed by atoms with Crippen molar-refractivity contribution < 1.29 is 22.7 Å². The summed E-state index contributed by atoms with van der Waals surface area (Å²) in [4.78, 5) is 27.5. The molecule has 196 valence electrons. The number of hydrogen-bond acceptors (Lipinski definition) is 5. The monoisotopic (exact) mass is 523 g/mol. The lowest BCUT2D eigenvalue weighted by Gasteiger charge is -2.31. The van der Waals surface area contributed by atoms with Gasteiger partial charge in [0.1, 0.15) is 24.9 Å². The maximum absolute atomic E-state index is 13.5. The van der Waals surface area contributed by atoms with Crippen LogP contribution in [0.15, 0.2) is 84.9 Å². The van der Waals surface area contributed by atoms with E-state index in [-0.39, 0.29) is 12.5 Å². The third kappa shape index (κ3) is 8.08. The first-order chi connectivity index (χ1) is 17.7. The molecule has 0 radical (unpaired) electrons. The van der Waals surface area contributed by atoms with Crippen molar-refractivity contribution in [1.82, 2.24) is 10.2 Å². The number of likely N-dealkylation sites (N-methyl/N-ethyl adjacent to an activating group) is 1. The number of sulfonamides is 1. The van der Waals surface area contributed by atoms with Gasteiger partial charge in [0.25, 0.3) is 0 Å². The predicted octanol–water partition coefficient (Wildman–Crippen LogP) is 3.59. The fraction of sp³-hybridized carbons (Fsp3) is 0.286. The first-order valence-corrected chi connectivity index (χ1v) is 13.9. The van der Waals surface area contributed by atoms with Gasteiger partial charge in [0.15, 0.2) is 0 Å². The summed E-state index contributed by atoms with van der Waals surface area (Å²) < 4.78 is 32.2. The number of carbonyl (C=O) groups is 2. The molecule has 0 aliphatic rings. The molecule has 0 aliphatic heterocycles. The van der Waals surface area contributed by atoms with E-state index in [2.05, 4.69) is 5.32 Å². The molecular formula is C28H33N3O5S. The Hall–Kier alpha value is -3.85. The summed E-state index contributed by atoms with van der Waals surface area (Å²) in [7, 11) is -3.80. The lowest BCUT2D eigenvalue weighted by atomic mass is 10.1. The predicted molar refractivity (Wildman–Crippen MR) is 145 cm³/mol. The number of rotatable bonds is 12. The van der Waals surface area contributed by atoms with Gasteiger partial charge in [0, 0.05) is 13.1 Å². The molecule has 0 fully saturated rings. The molecule has 37 heavy (non-hydrogen) atoms. The Morgan fingerprint density at radius 3 is 2.00 bits per heavy atom. The molecule has 0 spiro atoms. The molecule has 1 atom stereocenters. The maximum atomic E-state index is 13.5. The second kappa shape index (κ2) is 12.9. The number of hydrogen-bond donors (Lipinski definition) is 1. The number of nitrogens with one attached hydrogen (secondary N) is 1. The molecule has 3 aromatic rings. The van der Waals surface area contributed by atoms with Crippen LogP contribution >= 0.6 is 0 Å². The van der Waals surface area contributed by atoms with Gasteiger partial charge in [-0.2, -0.15) is 0 Å². The smallest absolute Gasteiger partial charge is 0.244 e. The molecule has 3 rings (SSSR count). The zero-order chi connectivity index (χ0) is 26.8. The van der Waals surface area contributed by atoms with E-state index in [1.807, 2.05) is 60.7 Å². The maximum Gasteiger partial charge on any atom is 0.244 e. The van der Waals surface area contributed by atoms with Crippen LogP contribution < -0.4 is 14.4 Å². The van der Waals surface area contributed by atoms with Crippen molar-refractivity contribution in [3.63, 3.8) is 0 Å². The van der Waals surface area contributed by atoms with Gasteiger partial charge in [-0.15, -0.1) is 0 Å². The third-order valence-electron chi connectivity index (χ3n) is 5.77. The fourth-order valence-electron chi connectivity index (χ4n) is 3.75. The van der Waals surface area contributed by atoms with Gasteiger partial charge < -0.3 is 15.0 Å². The van der Waals surface area contributed by atoms with Crippen molar-refractivity contribution >= 4 is 27.5 Å². The van der Waals surface area contributed by atoms with Crippen LogP contribution in [0.3, 0.4) is 0 Å². The number of amides is 2. The standard InChI is InChI=1S/C28H33N3O5S/c1-4-29-28(33)22(2)30(19-23-11-7-5-8-12-23)27(32)20-31(37(3,34)35)25-15-17-26(18-16-25)36-21-24-13-9-6-10-14-24/h5-18,22H,4,19-21H2,1-3H3,(H,29,33)/t22-/m0/s1. The van der Waals surface area contributed by atoms with Crippen molar-refractivity contribution in [2.75, 3.05) is 23.7 Å². The van der Waals surface area contributed by atoms with Crippen molar-refractivity contribution in [3.8, 4) is 5.75 Å². The minimum absolute atomic E-state index is 0.168. The lowest BCUT2D eigenvalue weighted by Crippen LogP contribution is -2.51. The lowest BCUT2D eigenvalue weighted by molar-refractivity contribution is -0.139. The van der Waals surface area contributed by atoms with E-state index >= 15 is 0 Å². The van der Waals surface area contributed by atoms with Crippen LogP contribution in [-0.4, -0.2) is 50.5 Å². The van der Waals surface area contributed by atoms with Gasteiger partial charge >= 0.3 is 0 Å². The first kappa shape index (κ1) is 27.7. The minimum Gasteiger partial charge on any atom is -0.489 e. The largest absolute Gasteiger partial charge is 0.489 e. The van der Waals surface area contributed by atoms with Crippen LogP contribution in [-0.2, 0) is 32.8 Å². The van der Waals surface area contributed by atoms with Crippen LogP contribution in [0.4, 0.5) is 5.69 Å². The number of anilines is 1. The molecular weight excluding hydrogens is 490 g/mol. The van der Waals surface area contributed by atoms with Gasteiger partial charge in [0.05, 0.1) is 11.9 Å². The highest BCUT2D eigenvalue weighted by atomic mass is 32.2. The van der Waals surface area contributed by atoms with E-state index in [0.717, 1.165) is 21.7 Å². The topological polar surface area (TPSA) is 96.0 Å². The summed E-state index contributed by atoms with van der Waals surface area (Å²) in [6.07, 6.45) is 1.05. The highest BCUT2D eigenvalue weighted by molar-refractivity contribution is 7.92. The fourth-order valence-corrected chi connectivity index (χ4v) is 4.60. The Morgan fingerprint density at radius 1 is 0.892 bits per heavy atom. The molecule has 0 aliphatic carbocycles. The quantitative estimate of drug-likeness (QED) is 0.392. The van der Waals surface area contributed by atoms with Crippen LogP contribution in [0, 0.1) is 0 Å². The summed E-state index contributed by atoms with van der Waals surface area (Å²) in [5.74, 6) is -0.224. The molecule has 0 saturated carbocycles. The number of ether oxygens (including phenoxy) is 1. The first-order valence-electron chi connectivity index (χ1n) is 12.0. The van der Waals surface area contributed by atoms with E-state index in [4.69, 9.17) is 4.74 Å². The Kier molecular flexibility index (Phi) is 9.68. The normalized spacial score (nSPS) is 11.9. The summed E-state index contributed by atoms with van der Waals surface area (Å²) in [6, 6.07) is 24.7. The van der Waals surface area contributed by atoms with Gasteiger partial charge in [0.2, 0.25) is 21.8 Å². The molecule has 0 aromatic heterocycles. The third-order valence-corrected chi connectivity index (χ3v) is 6.91. The second-order valence-corrected chi connectivity index (χ2v) is 10.5. The summed E-state index contributed by atoms with van der Waals surface area (Å²) >= 11 is 0. The summed E-state index contributed by atoms with van der Waals surface area (Å²) in [6.45, 7) is 3.95. The van der Waals surface area contributed by atoms with Crippen molar-refractivity contribution in [2.45, 2.75) is 33.0 Å². The minimum atomic E-state index is -3.80. The Bertz CT molecular complexity index is 1270. The number of benzene rings is 3. The zero-order valence-electron chi connectivity index (χ0n) is 21.3. The average molecular weight is 524 g/mol. The van der Waals surface area contributed by atoms with Gasteiger partial charge in [-0.05, 0) is 49.2 Å². The van der Waals surface area contributed by atoms with Gasteiger partial charge in [-0.1, -0.05) is 60.7 Å².